The molecule has 1 aromatic carbocycles. The molecule has 1 aromatic rings. The van der Waals surface area contributed by atoms with Crippen LogP contribution in [0.5, 0.6) is 0 Å². The number of amides is 1. The van der Waals surface area contributed by atoms with Gasteiger partial charge in [-0.15, -0.1) is 0 Å². The Morgan fingerprint density at radius 3 is 2.71 bits per heavy atom. The van der Waals surface area contributed by atoms with Crippen LogP contribution in [-0.4, -0.2) is 42.8 Å². The van der Waals surface area contributed by atoms with Crippen LogP contribution in [0.1, 0.15) is 12.0 Å². The average Bonchev–Trinajstić information content (AvgIpc) is 2.87. The standard InChI is InChI=1S/C14H15NO6/c1-19-12(16)7-11-13(17)21-9-15(11)14(18)20-8-10-5-3-2-4-6-10/h2-6,11H,7-9H2,1H3/t11-/m0/s1. The molecule has 0 aliphatic carbocycles. The Morgan fingerprint density at radius 1 is 1.33 bits per heavy atom. The van der Waals surface area contributed by atoms with Gasteiger partial charge in [0.15, 0.2) is 6.73 Å². The highest BCUT2D eigenvalue weighted by Gasteiger charge is 2.40. The van der Waals surface area contributed by atoms with Crippen molar-refractivity contribution in [1.29, 1.82) is 0 Å². The predicted molar refractivity (Wildman–Crippen MR) is 69.8 cm³/mol. The molecule has 1 aliphatic heterocycles. The number of methoxy groups -OCH3 is 1. The lowest BCUT2D eigenvalue weighted by atomic mass is 10.2. The summed E-state index contributed by atoms with van der Waals surface area (Å²) in [6.45, 7) is -0.149. The van der Waals surface area contributed by atoms with Crippen molar-refractivity contribution >= 4 is 18.0 Å². The van der Waals surface area contributed by atoms with Crippen molar-refractivity contribution in [2.75, 3.05) is 13.8 Å². The predicted octanol–water partition coefficient (Wildman–Crippen LogP) is 1.07. The third-order valence-electron chi connectivity index (χ3n) is 3.02. The van der Waals surface area contributed by atoms with Crippen molar-refractivity contribution in [3.8, 4) is 0 Å². The van der Waals surface area contributed by atoms with E-state index in [0.717, 1.165) is 10.5 Å². The van der Waals surface area contributed by atoms with Gasteiger partial charge in [-0.3, -0.25) is 9.69 Å². The molecule has 1 saturated heterocycles. The first kappa shape index (κ1) is 14.8. The first-order valence-electron chi connectivity index (χ1n) is 6.32. The van der Waals surface area contributed by atoms with Crippen molar-refractivity contribution in [3.63, 3.8) is 0 Å². The third kappa shape index (κ3) is 3.71. The molecule has 112 valence electrons. The second-order valence-electron chi connectivity index (χ2n) is 4.40. The molecule has 1 heterocycles. The Morgan fingerprint density at radius 2 is 2.05 bits per heavy atom. The second-order valence-corrected chi connectivity index (χ2v) is 4.40. The van der Waals surface area contributed by atoms with Crippen LogP contribution in [0.15, 0.2) is 30.3 Å². The number of hydrogen-bond acceptors (Lipinski definition) is 6. The molecule has 0 radical (unpaired) electrons. The van der Waals surface area contributed by atoms with Gasteiger partial charge in [0.25, 0.3) is 0 Å². The Hall–Kier alpha value is -2.57. The second kappa shape index (κ2) is 6.74. The van der Waals surface area contributed by atoms with Crippen LogP contribution in [0.4, 0.5) is 4.79 Å². The lowest BCUT2D eigenvalue weighted by Crippen LogP contribution is -2.40. The normalized spacial score (nSPS) is 17.3. The number of ether oxygens (including phenoxy) is 3. The van der Waals surface area contributed by atoms with Crippen LogP contribution in [0.25, 0.3) is 0 Å². The van der Waals surface area contributed by atoms with Crippen LogP contribution >= 0.6 is 0 Å². The summed E-state index contributed by atoms with van der Waals surface area (Å²) < 4.78 is 14.4. The van der Waals surface area contributed by atoms with Gasteiger partial charge in [-0.25, -0.2) is 9.59 Å². The number of benzene rings is 1. The molecule has 0 spiro atoms. The molecule has 0 bridgehead atoms. The van der Waals surface area contributed by atoms with Gasteiger partial charge >= 0.3 is 18.0 Å². The topological polar surface area (TPSA) is 82.1 Å². The smallest absolute Gasteiger partial charge is 0.413 e. The number of esters is 2. The van der Waals surface area contributed by atoms with Crippen LogP contribution in [0.3, 0.4) is 0 Å². The van der Waals surface area contributed by atoms with Crippen molar-refractivity contribution in [1.82, 2.24) is 4.90 Å². The fraction of sp³-hybridized carbons (Fsp3) is 0.357. The molecule has 1 fully saturated rings. The molecular weight excluding hydrogens is 278 g/mol. The van der Waals surface area contributed by atoms with Gasteiger partial charge in [0.2, 0.25) is 0 Å². The SMILES string of the molecule is COC(=O)C[C@H]1C(=O)OCN1C(=O)OCc1ccccc1. The fourth-order valence-electron chi connectivity index (χ4n) is 1.86. The molecule has 21 heavy (non-hydrogen) atoms. The quantitative estimate of drug-likeness (QED) is 0.610. The minimum Gasteiger partial charge on any atom is -0.469 e. The summed E-state index contributed by atoms with van der Waals surface area (Å²) in [7, 11) is 1.21. The zero-order valence-corrected chi connectivity index (χ0v) is 11.5. The van der Waals surface area contributed by atoms with E-state index in [2.05, 4.69) is 4.74 Å². The summed E-state index contributed by atoms with van der Waals surface area (Å²) in [5.41, 5.74) is 0.821. The molecule has 7 nitrogen and oxygen atoms in total. The Balaban J connectivity index is 1.94. The van der Waals surface area contributed by atoms with Crippen molar-refractivity contribution in [2.45, 2.75) is 19.1 Å². The van der Waals surface area contributed by atoms with Crippen molar-refractivity contribution < 1.29 is 28.6 Å². The summed E-state index contributed by atoms with van der Waals surface area (Å²) in [5.74, 6) is -1.24. The molecule has 1 atom stereocenters. The van der Waals surface area contributed by atoms with Crippen LogP contribution in [0.2, 0.25) is 0 Å². The van der Waals surface area contributed by atoms with Crippen molar-refractivity contribution in [3.05, 3.63) is 35.9 Å². The van der Waals surface area contributed by atoms with Gasteiger partial charge in [-0.2, -0.15) is 0 Å². The number of carbonyl (C=O) groups is 3. The van der Waals surface area contributed by atoms with E-state index in [0.29, 0.717) is 0 Å². The third-order valence-corrected chi connectivity index (χ3v) is 3.02. The van der Waals surface area contributed by atoms with E-state index in [1.807, 2.05) is 30.3 Å². The lowest BCUT2D eigenvalue weighted by molar-refractivity contribution is -0.146. The maximum atomic E-state index is 12.0. The van der Waals surface area contributed by atoms with Crippen molar-refractivity contribution in [2.24, 2.45) is 0 Å². The highest BCUT2D eigenvalue weighted by molar-refractivity contribution is 5.88. The zero-order chi connectivity index (χ0) is 15.2. The molecule has 1 amide bonds. The number of cyclic esters (lactones) is 1. The highest BCUT2D eigenvalue weighted by atomic mass is 16.6. The first-order chi connectivity index (χ1) is 10.1. The van der Waals surface area contributed by atoms with Gasteiger partial charge in [0.05, 0.1) is 13.5 Å². The van der Waals surface area contributed by atoms with E-state index in [9.17, 15) is 14.4 Å². The lowest BCUT2D eigenvalue weighted by Gasteiger charge is -2.18. The van der Waals surface area contributed by atoms with Crippen LogP contribution in [0, 0.1) is 0 Å². The highest BCUT2D eigenvalue weighted by Crippen LogP contribution is 2.17. The first-order valence-corrected chi connectivity index (χ1v) is 6.32. The number of rotatable bonds is 4. The van der Waals surface area contributed by atoms with E-state index in [4.69, 9.17) is 9.47 Å². The molecule has 0 N–H and O–H groups in total. The molecule has 7 heteroatoms. The van der Waals surface area contributed by atoms with Gasteiger partial charge in [-0.05, 0) is 5.56 Å². The number of hydrogen-bond donors (Lipinski definition) is 0. The summed E-state index contributed by atoms with van der Waals surface area (Å²) in [4.78, 5) is 35.8. The zero-order valence-electron chi connectivity index (χ0n) is 11.5. The Labute approximate surface area is 121 Å². The fourth-order valence-corrected chi connectivity index (χ4v) is 1.86. The van der Waals surface area contributed by atoms with Gasteiger partial charge < -0.3 is 14.2 Å². The molecule has 1 aliphatic rings. The van der Waals surface area contributed by atoms with Gasteiger partial charge in [-0.1, -0.05) is 30.3 Å². The maximum Gasteiger partial charge on any atom is 0.413 e. The minimum atomic E-state index is -0.999. The number of nitrogens with zero attached hydrogens (tertiary/aromatic N) is 1. The molecule has 0 unspecified atom stereocenters. The summed E-state index contributed by atoms with van der Waals surface area (Å²) >= 11 is 0. The van der Waals surface area contributed by atoms with Crippen LogP contribution in [-0.2, 0) is 30.4 Å². The average molecular weight is 293 g/mol. The number of carbonyl (C=O) groups excluding carboxylic acids is 3. The molecule has 0 saturated carbocycles. The van der Waals surface area contributed by atoms with E-state index in [-0.39, 0.29) is 19.8 Å². The van der Waals surface area contributed by atoms with E-state index >= 15 is 0 Å². The molecule has 0 aromatic heterocycles. The van der Waals surface area contributed by atoms with E-state index in [1.54, 1.807) is 0 Å². The summed E-state index contributed by atoms with van der Waals surface area (Å²) in [5, 5.41) is 0. The Bertz CT molecular complexity index is 530. The maximum absolute atomic E-state index is 12.0. The van der Waals surface area contributed by atoms with E-state index < -0.39 is 24.1 Å². The van der Waals surface area contributed by atoms with Gasteiger partial charge in [0, 0.05) is 0 Å². The van der Waals surface area contributed by atoms with E-state index in [1.165, 1.54) is 7.11 Å². The largest absolute Gasteiger partial charge is 0.469 e. The molecule has 2 rings (SSSR count). The Kier molecular flexibility index (Phi) is 4.76. The summed E-state index contributed by atoms with van der Waals surface area (Å²) in [6.07, 6.45) is -0.964. The summed E-state index contributed by atoms with van der Waals surface area (Å²) in [6, 6.07) is 8.12. The monoisotopic (exact) mass is 293 g/mol. The molecular formula is C14H15NO6. The van der Waals surface area contributed by atoms with Gasteiger partial charge in [0.1, 0.15) is 12.6 Å². The van der Waals surface area contributed by atoms with Crippen LogP contribution < -0.4 is 0 Å². The minimum absolute atomic E-state index is 0.0787.